The van der Waals surface area contributed by atoms with Crippen LogP contribution >= 0.6 is 0 Å². The van der Waals surface area contributed by atoms with Gasteiger partial charge in [-0.05, 0) is 57.2 Å². The van der Waals surface area contributed by atoms with E-state index in [2.05, 4.69) is 14.9 Å². The SMILES string of the molecule is CNS(=O)(=O)c1ccc(NC(=O)CN2CCCCCC2)cc1. The molecule has 0 unspecified atom stereocenters. The summed E-state index contributed by atoms with van der Waals surface area (Å²) in [4.78, 5) is 14.4. The number of rotatable bonds is 5. The topological polar surface area (TPSA) is 78.5 Å². The Hall–Kier alpha value is -1.44. The molecule has 1 fully saturated rings. The van der Waals surface area contributed by atoms with Gasteiger partial charge in [-0.3, -0.25) is 9.69 Å². The molecule has 1 saturated heterocycles. The van der Waals surface area contributed by atoms with Gasteiger partial charge in [0.15, 0.2) is 0 Å². The molecule has 1 aliphatic rings. The first kappa shape index (κ1) is 16.9. The summed E-state index contributed by atoms with van der Waals surface area (Å²) in [7, 11) is -2.07. The van der Waals surface area contributed by atoms with E-state index in [1.54, 1.807) is 12.1 Å². The summed E-state index contributed by atoms with van der Waals surface area (Å²) in [6, 6.07) is 6.16. The van der Waals surface area contributed by atoms with E-state index < -0.39 is 10.0 Å². The molecule has 122 valence electrons. The van der Waals surface area contributed by atoms with Gasteiger partial charge in [-0.2, -0.15) is 0 Å². The molecule has 0 saturated carbocycles. The van der Waals surface area contributed by atoms with Crippen LogP contribution in [0.2, 0.25) is 0 Å². The average Bonchev–Trinajstić information content (AvgIpc) is 2.76. The summed E-state index contributed by atoms with van der Waals surface area (Å²) in [6.45, 7) is 2.32. The molecule has 1 aromatic rings. The molecule has 6 nitrogen and oxygen atoms in total. The smallest absolute Gasteiger partial charge is 0.240 e. The average molecular weight is 325 g/mol. The van der Waals surface area contributed by atoms with Crippen LogP contribution in [0.3, 0.4) is 0 Å². The number of anilines is 1. The highest BCUT2D eigenvalue weighted by Gasteiger charge is 2.14. The van der Waals surface area contributed by atoms with Crippen molar-refractivity contribution >= 4 is 21.6 Å². The highest BCUT2D eigenvalue weighted by Crippen LogP contribution is 2.14. The van der Waals surface area contributed by atoms with Crippen molar-refractivity contribution in [3.8, 4) is 0 Å². The van der Waals surface area contributed by atoms with Gasteiger partial charge in [0.2, 0.25) is 15.9 Å². The number of nitrogens with zero attached hydrogens (tertiary/aromatic N) is 1. The highest BCUT2D eigenvalue weighted by atomic mass is 32.2. The quantitative estimate of drug-likeness (QED) is 0.858. The van der Waals surface area contributed by atoms with Crippen molar-refractivity contribution in [1.29, 1.82) is 0 Å². The predicted octanol–water partition coefficient (Wildman–Crippen LogP) is 1.41. The van der Waals surface area contributed by atoms with Crippen molar-refractivity contribution in [2.75, 3.05) is 32.0 Å². The fourth-order valence-corrected chi connectivity index (χ4v) is 3.26. The summed E-state index contributed by atoms with van der Waals surface area (Å²) in [5, 5.41) is 2.81. The number of carbonyl (C=O) groups is 1. The lowest BCUT2D eigenvalue weighted by atomic mass is 10.2. The second-order valence-corrected chi connectivity index (χ2v) is 7.36. The summed E-state index contributed by atoms with van der Waals surface area (Å²) in [5.41, 5.74) is 0.606. The van der Waals surface area contributed by atoms with Crippen molar-refractivity contribution in [3.63, 3.8) is 0 Å². The van der Waals surface area contributed by atoms with Crippen LogP contribution in [-0.4, -0.2) is 45.9 Å². The van der Waals surface area contributed by atoms with Gasteiger partial charge in [-0.15, -0.1) is 0 Å². The lowest BCUT2D eigenvalue weighted by molar-refractivity contribution is -0.117. The van der Waals surface area contributed by atoms with E-state index in [0.29, 0.717) is 12.2 Å². The minimum Gasteiger partial charge on any atom is -0.325 e. The minimum absolute atomic E-state index is 0.0638. The van der Waals surface area contributed by atoms with E-state index in [9.17, 15) is 13.2 Å². The Morgan fingerprint density at radius 2 is 1.68 bits per heavy atom. The number of hydrogen-bond donors (Lipinski definition) is 2. The van der Waals surface area contributed by atoms with Crippen LogP contribution in [0.15, 0.2) is 29.2 Å². The second kappa shape index (κ2) is 7.71. The first-order valence-electron chi connectivity index (χ1n) is 7.57. The largest absolute Gasteiger partial charge is 0.325 e. The predicted molar refractivity (Wildman–Crippen MR) is 86.2 cm³/mol. The van der Waals surface area contributed by atoms with E-state index in [1.807, 2.05) is 0 Å². The van der Waals surface area contributed by atoms with Gasteiger partial charge in [-0.25, -0.2) is 13.1 Å². The van der Waals surface area contributed by atoms with Crippen LogP contribution in [0.4, 0.5) is 5.69 Å². The van der Waals surface area contributed by atoms with Crippen molar-refractivity contribution < 1.29 is 13.2 Å². The minimum atomic E-state index is -3.44. The molecule has 1 aromatic carbocycles. The Labute approximate surface area is 131 Å². The number of likely N-dealkylation sites (tertiary alicyclic amines) is 1. The third-order valence-corrected chi connectivity index (χ3v) is 5.21. The molecule has 7 heteroatoms. The summed E-state index contributed by atoms with van der Waals surface area (Å²) in [5.74, 6) is -0.0638. The number of carbonyl (C=O) groups excluding carboxylic acids is 1. The van der Waals surface area contributed by atoms with Crippen molar-refractivity contribution in [2.45, 2.75) is 30.6 Å². The van der Waals surface area contributed by atoms with E-state index in [4.69, 9.17) is 0 Å². The lowest BCUT2D eigenvalue weighted by Crippen LogP contribution is -2.33. The number of hydrogen-bond acceptors (Lipinski definition) is 4. The van der Waals surface area contributed by atoms with Crippen LogP contribution in [0.1, 0.15) is 25.7 Å². The Bertz CT molecular complexity index is 591. The van der Waals surface area contributed by atoms with Crippen molar-refractivity contribution in [3.05, 3.63) is 24.3 Å². The van der Waals surface area contributed by atoms with Crippen LogP contribution in [0.5, 0.6) is 0 Å². The maximum absolute atomic E-state index is 12.0. The molecule has 0 radical (unpaired) electrons. The van der Waals surface area contributed by atoms with Crippen molar-refractivity contribution in [2.24, 2.45) is 0 Å². The van der Waals surface area contributed by atoms with Gasteiger partial charge in [0, 0.05) is 5.69 Å². The van der Waals surface area contributed by atoms with Gasteiger partial charge in [0.1, 0.15) is 0 Å². The molecule has 1 aliphatic heterocycles. The Kier molecular flexibility index (Phi) is 5.93. The molecule has 2 N–H and O–H groups in total. The first-order valence-corrected chi connectivity index (χ1v) is 9.05. The molecule has 0 aliphatic carbocycles. The molecule has 22 heavy (non-hydrogen) atoms. The molecule has 1 amide bonds. The monoisotopic (exact) mass is 325 g/mol. The van der Waals surface area contributed by atoms with E-state index in [-0.39, 0.29) is 10.8 Å². The van der Waals surface area contributed by atoms with Crippen LogP contribution in [0, 0.1) is 0 Å². The molecule has 0 spiro atoms. The maximum Gasteiger partial charge on any atom is 0.240 e. The van der Waals surface area contributed by atoms with Crippen LogP contribution in [0.25, 0.3) is 0 Å². The number of amides is 1. The molecule has 0 bridgehead atoms. The van der Waals surface area contributed by atoms with E-state index in [0.717, 1.165) is 25.9 Å². The standard InChI is InChI=1S/C15H23N3O3S/c1-16-22(20,21)14-8-6-13(7-9-14)17-15(19)12-18-10-4-2-3-5-11-18/h6-9,16H,2-5,10-12H2,1H3,(H,17,19). The fraction of sp³-hybridized carbons (Fsp3) is 0.533. The van der Waals surface area contributed by atoms with Gasteiger partial charge in [0.25, 0.3) is 0 Å². The molecular formula is C15H23N3O3S. The summed E-state index contributed by atoms with van der Waals surface area (Å²) >= 11 is 0. The number of benzene rings is 1. The summed E-state index contributed by atoms with van der Waals surface area (Å²) in [6.07, 6.45) is 4.76. The molecule has 2 rings (SSSR count). The van der Waals surface area contributed by atoms with Gasteiger partial charge < -0.3 is 5.32 Å². The third kappa shape index (κ3) is 4.79. The lowest BCUT2D eigenvalue weighted by Gasteiger charge is -2.19. The second-order valence-electron chi connectivity index (χ2n) is 5.47. The number of sulfonamides is 1. The molecule has 0 aromatic heterocycles. The zero-order chi connectivity index (χ0) is 16.0. The van der Waals surface area contributed by atoms with Crippen LogP contribution in [-0.2, 0) is 14.8 Å². The van der Waals surface area contributed by atoms with E-state index in [1.165, 1.54) is 32.0 Å². The molecule has 0 atom stereocenters. The van der Waals surface area contributed by atoms with Crippen LogP contribution < -0.4 is 10.0 Å². The van der Waals surface area contributed by atoms with Crippen molar-refractivity contribution in [1.82, 2.24) is 9.62 Å². The highest BCUT2D eigenvalue weighted by molar-refractivity contribution is 7.89. The normalized spacial score (nSPS) is 17.0. The zero-order valence-corrected chi connectivity index (χ0v) is 13.7. The number of nitrogens with one attached hydrogen (secondary N) is 2. The van der Waals surface area contributed by atoms with Gasteiger partial charge in [0.05, 0.1) is 11.4 Å². The van der Waals surface area contributed by atoms with Gasteiger partial charge in [-0.1, -0.05) is 12.8 Å². The Morgan fingerprint density at radius 3 is 2.23 bits per heavy atom. The Balaban J connectivity index is 1.91. The zero-order valence-electron chi connectivity index (χ0n) is 12.8. The Morgan fingerprint density at radius 1 is 1.09 bits per heavy atom. The summed E-state index contributed by atoms with van der Waals surface area (Å²) < 4.78 is 25.5. The fourth-order valence-electron chi connectivity index (χ4n) is 2.53. The van der Waals surface area contributed by atoms with E-state index >= 15 is 0 Å². The molecule has 1 heterocycles. The van der Waals surface area contributed by atoms with Gasteiger partial charge >= 0.3 is 0 Å². The third-order valence-electron chi connectivity index (χ3n) is 3.78. The first-order chi connectivity index (χ1) is 10.5. The maximum atomic E-state index is 12.0. The molecular weight excluding hydrogens is 302 g/mol.